The van der Waals surface area contributed by atoms with Gasteiger partial charge in [0.05, 0.1) is 5.57 Å². The van der Waals surface area contributed by atoms with E-state index in [4.69, 9.17) is 0 Å². The summed E-state index contributed by atoms with van der Waals surface area (Å²) in [6.07, 6.45) is 5.97. The van der Waals surface area contributed by atoms with Gasteiger partial charge in [-0.15, -0.1) is 0 Å². The van der Waals surface area contributed by atoms with Crippen molar-refractivity contribution in [1.82, 2.24) is 9.80 Å². The Kier molecular flexibility index (Phi) is 8.67. The van der Waals surface area contributed by atoms with Gasteiger partial charge in [0.1, 0.15) is 5.76 Å². The molecule has 0 saturated carbocycles. The molecule has 2 rings (SSSR count). The molecule has 6 nitrogen and oxygen atoms in total. The number of anilines is 1. The van der Waals surface area contributed by atoms with E-state index >= 15 is 0 Å². The Balaban J connectivity index is 2.23. The highest BCUT2D eigenvalue weighted by Crippen LogP contribution is 2.29. The summed E-state index contributed by atoms with van der Waals surface area (Å²) in [6.45, 7) is 11.5. The summed E-state index contributed by atoms with van der Waals surface area (Å²) in [5.74, 6) is -0.242. The molecule has 0 bridgehead atoms. The lowest BCUT2D eigenvalue weighted by atomic mass is 9.86. The Hall–Kier alpha value is -2.86. The molecule has 2 amide bonds. The number of aliphatic hydroxyl groups is 1. The molecule has 0 aliphatic carbocycles. The lowest BCUT2D eigenvalue weighted by molar-refractivity contribution is -0.127. The van der Waals surface area contributed by atoms with Crippen LogP contribution in [0.15, 0.2) is 53.3 Å². The highest BCUT2D eigenvalue weighted by molar-refractivity contribution is 6.01. The van der Waals surface area contributed by atoms with Crippen molar-refractivity contribution in [2.24, 2.45) is 5.41 Å². The first-order chi connectivity index (χ1) is 15.3. The van der Waals surface area contributed by atoms with Crippen LogP contribution in [0.25, 0.3) is 0 Å². The van der Waals surface area contributed by atoms with E-state index in [-0.39, 0.29) is 23.0 Å². The molecule has 0 unspecified atom stereocenters. The average molecular weight is 454 g/mol. The molecular weight excluding hydrogens is 414 g/mol. The molecule has 180 valence electrons. The van der Waals surface area contributed by atoms with Crippen molar-refractivity contribution in [3.05, 3.63) is 64.5 Å². The van der Waals surface area contributed by atoms with Crippen LogP contribution < -0.4 is 4.90 Å². The van der Waals surface area contributed by atoms with Gasteiger partial charge in [0.2, 0.25) is 5.91 Å². The van der Waals surface area contributed by atoms with E-state index in [1.165, 1.54) is 5.56 Å². The Labute approximate surface area is 198 Å². The number of hydrogen-bond donors (Lipinski definition) is 1. The number of carbonyl (C=O) groups excluding carboxylic acids is 2. The Bertz CT molecular complexity index is 977. The Morgan fingerprint density at radius 3 is 2.36 bits per heavy atom. The van der Waals surface area contributed by atoms with Crippen molar-refractivity contribution in [2.75, 3.05) is 39.1 Å². The van der Waals surface area contributed by atoms with E-state index in [9.17, 15) is 14.7 Å². The summed E-state index contributed by atoms with van der Waals surface area (Å²) in [5.41, 5.74) is 4.26. The lowest BCUT2D eigenvalue weighted by Crippen LogP contribution is -2.37. The fraction of sp³-hybridized carbons (Fsp3) is 0.481. The van der Waals surface area contributed by atoms with Gasteiger partial charge in [0.15, 0.2) is 0 Å². The summed E-state index contributed by atoms with van der Waals surface area (Å²) in [5, 5.41) is 10.2. The summed E-state index contributed by atoms with van der Waals surface area (Å²) in [6, 6.07) is 5.97. The van der Waals surface area contributed by atoms with Crippen molar-refractivity contribution in [2.45, 2.75) is 47.6 Å². The van der Waals surface area contributed by atoms with Crippen LogP contribution in [0.3, 0.4) is 0 Å². The van der Waals surface area contributed by atoms with Crippen molar-refractivity contribution < 1.29 is 14.7 Å². The van der Waals surface area contributed by atoms with Crippen LogP contribution in [0, 0.1) is 5.41 Å². The minimum Gasteiger partial charge on any atom is -0.512 e. The molecule has 1 aliphatic rings. The number of nitrogens with zero attached hydrogens (tertiary/aromatic N) is 3. The van der Waals surface area contributed by atoms with Gasteiger partial charge in [-0.2, -0.15) is 0 Å². The largest absolute Gasteiger partial charge is 0.512 e. The molecular formula is C27H39N3O3. The SMILES string of the molecule is C/C(O)=C(\C=C(/C)C(C)(C)C)C(=O)N1CCc2ccc(N(C)C(=O)/C=C/CN(C)C)cc2C1. The van der Waals surface area contributed by atoms with Crippen molar-refractivity contribution in [1.29, 1.82) is 0 Å². The van der Waals surface area contributed by atoms with Gasteiger partial charge in [-0.3, -0.25) is 9.59 Å². The molecule has 0 atom stereocenters. The summed E-state index contributed by atoms with van der Waals surface area (Å²) in [4.78, 5) is 31.2. The molecule has 1 aliphatic heterocycles. The second kappa shape index (κ2) is 10.8. The first kappa shape index (κ1) is 26.4. The summed E-state index contributed by atoms with van der Waals surface area (Å²) >= 11 is 0. The molecule has 0 saturated heterocycles. The van der Waals surface area contributed by atoms with Crippen LogP contribution in [0.1, 0.15) is 45.7 Å². The van der Waals surface area contributed by atoms with Crippen LogP contribution in [0.2, 0.25) is 0 Å². The van der Waals surface area contributed by atoms with Gasteiger partial charge in [-0.25, -0.2) is 0 Å². The fourth-order valence-electron chi connectivity index (χ4n) is 3.45. The maximum Gasteiger partial charge on any atom is 0.257 e. The van der Waals surface area contributed by atoms with Crippen LogP contribution in [0.5, 0.6) is 0 Å². The van der Waals surface area contributed by atoms with Crippen LogP contribution in [-0.4, -0.2) is 61.0 Å². The van der Waals surface area contributed by atoms with Crippen molar-refractivity contribution in [3.63, 3.8) is 0 Å². The molecule has 33 heavy (non-hydrogen) atoms. The highest BCUT2D eigenvalue weighted by atomic mass is 16.3. The number of likely N-dealkylation sites (N-methyl/N-ethyl adjacent to an activating group) is 2. The molecule has 1 aromatic rings. The van der Waals surface area contributed by atoms with E-state index in [0.29, 0.717) is 25.2 Å². The second-order valence-electron chi connectivity index (χ2n) is 10.1. The zero-order chi connectivity index (χ0) is 24.9. The quantitative estimate of drug-likeness (QED) is 0.392. The minimum atomic E-state index is -0.175. The lowest BCUT2D eigenvalue weighted by Gasteiger charge is -2.31. The van der Waals surface area contributed by atoms with Crippen molar-refractivity contribution in [3.8, 4) is 0 Å². The monoisotopic (exact) mass is 453 g/mol. The zero-order valence-corrected chi connectivity index (χ0v) is 21.4. The molecule has 0 radical (unpaired) electrons. The maximum atomic E-state index is 13.3. The number of rotatable bonds is 6. The van der Waals surface area contributed by atoms with Gasteiger partial charge in [-0.1, -0.05) is 38.5 Å². The number of allylic oxidation sites excluding steroid dienone is 2. The number of benzene rings is 1. The molecule has 0 aromatic heterocycles. The molecule has 1 N–H and O–H groups in total. The summed E-state index contributed by atoms with van der Waals surface area (Å²) in [7, 11) is 5.66. The standard InChI is InChI=1S/C27H39N3O3/c1-19(27(3,4)5)16-24(20(2)31)26(33)30-15-13-21-11-12-23(17-22(21)18-30)29(8)25(32)10-9-14-28(6)7/h9-12,16-17,31H,13-15,18H2,1-8H3/b10-9+,19-16+,24-20-. The van der Waals surface area contributed by atoms with E-state index in [2.05, 4.69) is 20.8 Å². The third kappa shape index (κ3) is 7.06. The summed E-state index contributed by atoms with van der Waals surface area (Å²) < 4.78 is 0. The second-order valence-corrected chi connectivity index (χ2v) is 10.1. The molecule has 1 aromatic carbocycles. The van der Waals surface area contributed by atoms with Gasteiger partial charge < -0.3 is 19.8 Å². The average Bonchev–Trinajstić information content (AvgIpc) is 2.74. The van der Waals surface area contributed by atoms with E-state index < -0.39 is 0 Å². The predicted molar refractivity (Wildman–Crippen MR) is 135 cm³/mol. The molecule has 0 fully saturated rings. The number of fused-ring (bicyclic) bond motifs is 1. The van der Waals surface area contributed by atoms with Crippen LogP contribution >= 0.6 is 0 Å². The third-order valence-corrected chi connectivity index (χ3v) is 6.10. The van der Waals surface area contributed by atoms with Gasteiger partial charge in [-0.05, 0) is 69.1 Å². The van der Waals surface area contributed by atoms with E-state index in [1.54, 1.807) is 35.9 Å². The molecule has 0 spiro atoms. The van der Waals surface area contributed by atoms with Gasteiger partial charge >= 0.3 is 0 Å². The number of hydrogen-bond acceptors (Lipinski definition) is 4. The van der Waals surface area contributed by atoms with Crippen molar-refractivity contribution >= 4 is 17.5 Å². The number of amides is 2. The van der Waals surface area contributed by atoms with Crippen LogP contribution in [0.4, 0.5) is 5.69 Å². The smallest absolute Gasteiger partial charge is 0.257 e. The fourth-order valence-corrected chi connectivity index (χ4v) is 3.45. The predicted octanol–water partition coefficient (Wildman–Crippen LogP) is 4.48. The topological polar surface area (TPSA) is 64.1 Å². The van der Waals surface area contributed by atoms with Crippen LogP contribution in [-0.2, 0) is 22.6 Å². The first-order valence-corrected chi connectivity index (χ1v) is 11.4. The Morgan fingerprint density at radius 1 is 1.12 bits per heavy atom. The Morgan fingerprint density at radius 2 is 1.79 bits per heavy atom. The normalized spacial score (nSPS) is 15.5. The molecule has 1 heterocycles. The number of aliphatic hydroxyl groups excluding tert-OH is 1. The van der Waals surface area contributed by atoms with Gasteiger partial charge in [0, 0.05) is 38.4 Å². The van der Waals surface area contributed by atoms with E-state index in [1.807, 2.05) is 50.2 Å². The zero-order valence-electron chi connectivity index (χ0n) is 21.4. The van der Waals surface area contributed by atoms with Gasteiger partial charge in [0.25, 0.3) is 5.91 Å². The maximum absolute atomic E-state index is 13.3. The number of carbonyl (C=O) groups is 2. The van der Waals surface area contributed by atoms with E-state index in [0.717, 1.165) is 23.2 Å². The molecule has 6 heteroatoms. The third-order valence-electron chi connectivity index (χ3n) is 6.10. The first-order valence-electron chi connectivity index (χ1n) is 11.4. The minimum absolute atomic E-state index is 0.0259. The highest BCUT2D eigenvalue weighted by Gasteiger charge is 2.26.